The number of benzene rings is 1. The maximum Gasteiger partial charge on any atom is 0.245 e. The molecule has 194 valence electrons. The Labute approximate surface area is 213 Å². The molecule has 3 aliphatic rings. The Bertz CT molecular complexity index is 1150. The van der Waals surface area contributed by atoms with E-state index in [-0.39, 0.29) is 41.6 Å². The second-order valence-electron chi connectivity index (χ2n) is 10.8. The van der Waals surface area contributed by atoms with Crippen LogP contribution in [0.3, 0.4) is 0 Å². The number of carbonyl (C=O) groups excluding carboxylic acids is 2. The van der Waals surface area contributed by atoms with Crippen LogP contribution in [0.25, 0.3) is 10.9 Å². The average molecular weight is 493 g/mol. The molecule has 0 spiro atoms. The first-order valence-corrected chi connectivity index (χ1v) is 13.7. The van der Waals surface area contributed by atoms with Crippen molar-refractivity contribution in [3.8, 4) is 0 Å². The number of piperidine rings is 1. The first-order valence-electron chi connectivity index (χ1n) is 13.7. The van der Waals surface area contributed by atoms with E-state index >= 15 is 0 Å². The largest absolute Gasteiger partial charge is 0.384 e. The van der Waals surface area contributed by atoms with Gasteiger partial charge in [-0.15, -0.1) is 0 Å². The lowest BCUT2D eigenvalue weighted by Crippen LogP contribution is -2.52. The highest BCUT2D eigenvalue weighted by molar-refractivity contribution is 5.98. The highest BCUT2D eigenvalue weighted by atomic mass is 16.2. The van der Waals surface area contributed by atoms with Crippen molar-refractivity contribution in [3.05, 3.63) is 35.5 Å². The summed E-state index contributed by atoms with van der Waals surface area (Å²) in [7, 11) is 0. The van der Waals surface area contributed by atoms with Crippen LogP contribution in [0.4, 0.5) is 0 Å². The van der Waals surface area contributed by atoms with Crippen molar-refractivity contribution >= 4 is 28.6 Å². The Morgan fingerprint density at radius 3 is 2.58 bits per heavy atom. The summed E-state index contributed by atoms with van der Waals surface area (Å²) in [6.07, 6.45) is 5.58. The number of nitrogen functional groups attached to an aromatic ring is 1. The molecule has 5 rings (SSSR count). The molecule has 3 aliphatic heterocycles. The second-order valence-corrected chi connectivity index (χ2v) is 10.8. The molecular formula is C28H40N6O2. The van der Waals surface area contributed by atoms with Crippen LogP contribution < -0.4 is 11.1 Å². The van der Waals surface area contributed by atoms with Crippen LogP contribution in [-0.4, -0.2) is 70.3 Å². The van der Waals surface area contributed by atoms with E-state index in [0.717, 1.165) is 81.2 Å². The van der Waals surface area contributed by atoms with Gasteiger partial charge < -0.3 is 25.4 Å². The molecule has 36 heavy (non-hydrogen) atoms. The number of fused-ring (bicyclic) bond motifs is 1. The fourth-order valence-corrected chi connectivity index (χ4v) is 6.73. The number of nitrogens with zero attached hydrogens (tertiary/aromatic N) is 3. The van der Waals surface area contributed by atoms with E-state index in [1.165, 1.54) is 5.69 Å². The number of aromatic nitrogens is 1. The van der Waals surface area contributed by atoms with Crippen LogP contribution >= 0.6 is 0 Å². The van der Waals surface area contributed by atoms with Gasteiger partial charge in [0, 0.05) is 54.9 Å². The maximum absolute atomic E-state index is 13.9. The third kappa shape index (κ3) is 4.40. The summed E-state index contributed by atoms with van der Waals surface area (Å²) in [6.45, 7) is 8.34. The molecule has 8 nitrogen and oxygen atoms in total. The molecule has 3 fully saturated rings. The van der Waals surface area contributed by atoms with Crippen LogP contribution in [0, 0.1) is 11.3 Å². The summed E-state index contributed by atoms with van der Waals surface area (Å²) < 4.78 is 2.30. The number of amides is 2. The minimum absolute atomic E-state index is 0.000558. The smallest absolute Gasteiger partial charge is 0.245 e. The fraction of sp³-hybridized carbons (Fsp3) is 0.607. The number of amidine groups is 1. The predicted octanol–water partition coefficient (Wildman–Crippen LogP) is 3.03. The van der Waals surface area contributed by atoms with Gasteiger partial charge in [0.25, 0.3) is 0 Å². The summed E-state index contributed by atoms with van der Waals surface area (Å²) in [4.78, 5) is 31.2. The zero-order chi connectivity index (χ0) is 25.4. The van der Waals surface area contributed by atoms with Gasteiger partial charge in [-0.3, -0.25) is 15.0 Å². The molecule has 0 radical (unpaired) electrons. The quantitative estimate of drug-likeness (QED) is 0.426. The highest BCUT2D eigenvalue weighted by Gasteiger charge is 2.43. The van der Waals surface area contributed by atoms with E-state index in [1.807, 2.05) is 23.1 Å². The Hall–Kier alpha value is -2.87. The van der Waals surface area contributed by atoms with Gasteiger partial charge in [-0.2, -0.15) is 0 Å². The van der Waals surface area contributed by atoms with Crippen LogP contribution in [0.2, 0.25) is 0 Å². The Kier molecular flexibility index (Phi) is 7.06. The summed E-state index contributed by atoms with van der Waals surface area (Å²) in [6, 6.07) is 7.97. The topological polar surface area (TPSA) is 107 Å². The minimum atomic E-state index is -0.317. The van der Waals surface area contributed by atoms with Crippen molar-refractivity contribution in [2.24, 2.45) is 11.7 Å². The molecular weight excluding hydrogens is 452 g/mol. The standard InChI is InChI=1S/C28H40N6O2/c1-3-32-24(15-19-10-11-20(26(29)30)16-25(19)32)18(2)22-8-5-13-33(22)28(36)23-9-6-14-34(23)27(35)21-7-4-12-31-17-21/h10-11,15-16,18,21-23,31H,3-9,12-14,17H2,1-2H3,(H3,29,30)/t18?,21?,22-,23+/m0/s1. The third-order valence-electron chi connectivity index (χ3n) is 8.66. The van der Waals surface area contributed by atoms with E-state index in [0.29, 0.717) is 6.54 Å². The van der Waals surface area contributed by atoms with E-state index < -0.39 is 0 Å². The molecule has 2 amide bonds. The Morgan fingerprint density at radius 2 is 1.86 bits per heavy atom. The van der Waals surface area contributed by atoms with Gasteiger partial charge in [-0.25, -0.2) is 0 Å². The van der Waals surface area contributed by atoms with E-state index in [4.69, 9.17) is 11.1 Å². The van der Waals surface area contributed by atoms with Gasteiger partial charge in [-0.05, 0) is 69.5 Å². The maximum atomic E-state index is 13.9. The molecule has 1 aromatic heterocycles. The fourth-order valence-electron chi connectivity index (χ4n) is 6.73. The van der Waals surface area contributed by atoms with Gasteiger partial charge in [0.1, 0.15) is 11.9 Å². The lowest BCUT2D eigenvalue weighted by Gasteiger charge is -2.36. The van der Waals surface area contributed by atoms with Gasteiger partial charge in [-0.1, -0.05) is 19.1 Å². The number of likely N-dealkylation sites (tertiary alicyclic amines) is 2. The molecule has 3 saturated heterocycles. The Balaban J connectivity index is 1.38. The molecule has 0 saturated carbocycles. The van der Waals surface area contributed by atoms with Gasteiger partial charge in [0.15, 0.2) is 0 Å². The van der Waals surface area contributed by atoms with Crippen molar-refractivity contribution in [2.75, 3.05) is 26.2 Å². The zero-order valence-electron chi connectivity index (χ0n) is 21.6. The number of nitrogens with two attached hydrogens (primary N) is 1. The highest BCUT2D eigenvalue weighted by Crippen LogP contribution is 2.36. The summed E-state index contributed by atoms with van der Waals surface area (Å²) in [5, 5.41) is 12.3. The SMILES string of the molecule is CCn1c(C(C)[C@@H]2CCCN2C(=O)[C@H]2CCCN2C(=O)C2CCCNC2)cc2ccc(C(=N)N)cc21. The van der Waals surface area contributed by atoms with Crippen LogP contribution in [0.5, 0.6) is 0 Å². The van der Waals surface area contributed by atoms with E-state index in [9.17, 15) is 9.59 Å². The van der Waals surface area contributed by atoms with E-state index in [2.05, 4.69) is 34.7 Å². The summed E-state index contributed by atoms with van der Waals surface area (Å²) >= 11 is 0. The number of hydrogen-bond acceptors (Lipinski definition) is 4. The first-order chi connectivity index (χ1) is 17.4. The summed E-state index contributed by atoms with van der Waals surface area (Å²) in [5.41, 5.74) is 8.77. The van der Waals surface area contributed by atoms with Crippen LogP contribution in [0.15, 0.2) is 24.3 Å². The number of hydrogen-bond donors (Lipinski definition) is 3. The minimum Gasteiger partial charge on any atom is -0.384 e. The number of aryl methyl sites for hydroxylation is 1. The summed E-state index contributed by atoms with van der Waals surface area (Å²) in [5.74, 6) is 0.534. The van der Waals surface area contributed by atoms with Crippen molar-refractivity contribution < 1.29 is 9.59 Å². The van der Waals surface area contributed by atoms with Crippen molar-refractivity contribution in [1.82, 2.24) is 19.7 Å². The van der Waals surface area contributed by atoms with Crippen molar-refractivity contribution in [2.45, 2.75) is 76.9 Å². The first kappa shape index (κ1) is 24.8. The third-order valence-corrected chi connectivity index (χ3v) is 8.66. The van der Waals surface area contributed by atoms with Gasteiger partial charge in [0.05, 0.1) is 5.92 Å². The molecule has 4 atom stereocenters. The lowest BCUT2D eigenvalue weighted by molar-refractivity contribution is -0.147. The molecule has 1 aromatic carbocycles. The lowest BCUT2D eigenvalue weighted by atomic mass is 9.95. The number of carbonyl (C=O) groups is 2. The predicted molar refractivity (Wildman–Crippen MR) is 142 cm³/mol. The van der Waals surface area contributed by atoms with Gasteiger partial charge in [0.2, 0.25) is 11.8 Å². The normalized spacial score (nSPS) is 25.4. The van der Waals surface area contributed by atoms with Crippen LogP contribution in [-0.2, 0) is 16.1 Å². The molecule has 2 unspecified atom stereocenters. The Morgan fingerprint density at radius 1 is 1.08 bits per heavy atom. The molecule has 4 N–H and O–H groups in total. The van der Waals surface area contributed by atoms with Crippen molar-refractivity contribution in [1.29, 1.82) is 5.41 Å². The monoisotopic (exact) mass is 492 g/mol. The van der Waals surface area contributed by atoms with Crippen molar-refractivity contribution in [3.63, 3.8) is 0 Å². The molecule has 4 heterocycles. The number of rotatable bonds is 6. The van der Waals surface area contributed by atoms with E-state index in [1.54, 1.807) is 0 Å². The second kappa shape index (κ2) is 10.2. The van der Waals surface area contributed by atoms with Crippen LogP contribution in [0.1, 0.15) is 69.5 Å². The number of nitrogens with one attached hydrogen (secondary N) is 2. The molecule has 8 heteroatoms. The molecule has 0 aliphatic carbocycles. The average Bonchev–Trinajstić information content (AvgIpc) is 3.65. The molecule has 2 aromatic rings. The van der Waals surface area contributed by atoms with Gasteiger partial charge >= 0.3 is 0 Å². The zero-order valence-corrected chi connectivity index (χ0v) is 21.6. The molecule has 0 bridgehead atoms.